The quantitative estimate of drug-likeness (QED) is 0.403. The predicted octanol–water partition coefficient (Wildman–Crippen LogP) is 3.45. The second kappa shape index (κ2) is 9.56. The van der Waals surface area contributed by atoms with Gasteiger partial charge in [0.2, 0.25) is 0 Å². The van der Waals surface area contributed by atoms with Gasteiger partial charge in [-0.2, -0.15) is 0 Å². The molecule has 0 saturated carbocycles. The van der Waals surface area contributed by atoms with E-state index in [4.69, 9.17) is 25.8 Å². The molecule has 2 rings (SSSR count). The monoisotopic (exact) mass is 408 g/mol. The number of ether oxygens (including phenoxy) is 3. The second-order valence-corrected chi connectivity index (χ2v) is 5.75. The van der Waals surface area contributed by atoms with Gasteiger partial charge in [0.25, 0.3) is 5.91 Å². The van der Waals surface area contributed by atoms with Crippen molar-refractivity contribution in [2.75, 3.05) is 25.6 Å². The lowest BCUT2D eigenvalue weighted by Gasteiger charge is -2.09. The molecule has 0 aliphatic carbocycles. The van der Waals surface area contributed by atoms with E-state index in [1.165, 1.54) is 25.3 Å². The molecular formula is C18H17ClN2O7. The number of hydrogen-bond donors (Lipinski definition) is 1. The minimum absolute atomic E-state index is 0.0400. The Morgan fingerprint density at radius 2 is 1.89 bits per heavy atom. The van der Waals surface area contributed by atoms with E-state index in [1.54, 1.807) is 19.1 Å². The number of rotatable bonds is 8. The van der Waals surface area contributed by atoms with Crippen molar-refractivity contribution in [3.8, 4) is 11.5 Å². The first kappa shape index (κ1) is 21.0. The number of nitro benzene ring substituents is 1. The van der Waals surface area contributed by atoms with Crippen molar-refractivity contribution in [2.24, 2.45) is 0 Å². The number of nitrogens with zero attached hydrogens (tertiary/aromatic N) is 1. The van der Waals surface area contributed by atoms with E-state index in [9.17, 15) is 19.7 Å². The summed E-state index contributed by atoms with van der Waals surface area (Å²) in [5.41, 5.74) is -0.0485. The van der Waals surface area contributed by atoms with E-state index in [0.717, 1.165) is 6.07 Å². The highest BCUT2D eigenvalue weighted by atomic mass is 35.5. The van der Waals surface area contributed by atoms with E-state index in [0.29, 0.717) is 16.5 Å². The highest BCUT2D eigenvalue weighted by molar-refractivity contribution is 6.32. The summed E-state index contributed by atoms with van der Waals surface area (Å²) in [7, 11) is 1.46. The predicted molar refractivity (Wildman–Crippen MR) is 101 cm³/mol. The summed E-state index contributed by atoms with van der Waals surface area (Å²) in [4.78, 5) is 34.5. The SMILES string of the molecule is CCOc1ccc(C(=O)OCC(=O)Nc2ccc(OC)c(Cl)c2)cc1[N+](=O)[O-]. The van der Waals surface area contributed by atoms with Gasteiger partial charge in [-0.05, 0) is 37.3 Å². The first-order chi connectivity index (χ1) is 13.3. The van der Waals surface area contributed by atoms with Crippen molar-refractivity contribution in [2.45, 2.75) is 6.92 Å². The smallest absolute Gasteiger partial charge is 0.338 e. The number of benzene rings is 2. The number of nitrogens with one attached hydrogen (secondary N) is 1. The molecule has 2 aromatic rings. The van der Waals surface area contributed by atoms with Crippen LogP contribution in [0.15, 0.2) is 36.4 Å². The molecule has 2 aromatic carbocycles. The summed E-state index contributed by atoms with van der Waals surface area (Å²) < 4.78 is 15.1. The third-order valence-electron chi connectivity index (χ3n) is 3.46. The molecule has 1 amide bonds. The Labute approximate surface area is 165 Å². The number of hydrogen-bond acceptors (Lipinski definition) is 7. The molecule has 0 radical (unpaired) electrons. The van der Waals surface area contributed by atoms with Crippen LogP contribution in [0.4, 0.5) is 11.4 Å². The standard InChI is InChI=1S/C18H17ClN2O7/c1-3-27-16-6-4-11(8-14(16)21(24)25)18(23)28-10-17(22)20-12-5-7-15(26-2)13(19)9-12/h4-9H,3,10H2,1-2H3,(H,20,22). The zero-order valence-corrected chi connectivity index (χ0v) is 15.8. The molecule has 9 nitrogen and oxygen atoms in total. The molecular weight excluding hydrogens is 392 g/mol. The molecule has 0 saturated heterocycles. The number of nitro groups is 1. The van der Waals surface area contributed by atoms with Crippen molar-refractivity contribution >= 4 is 34.9 Å². The van der Waals surface area contributed by atoms with E-state index in [2.05, 4.69) is 5.32 Å². The highest BCUT2D eigenvalue weighted by Gasteiger charge is 2.20. The van der Waals surface area contributed by atoms with Gasteiger partial charge in [-0.1, -0.05) is 11.6 Å². The molecule has 0 spiro atoms. The zero-order valence-electron chi connectivity index (χ0n) is 15.1. The topological polar surface area (TPSA) is 117 Å². The van der Waals surface area contributed by atoms with E-state index >= 15 is 0 Å². The maximum Gasteiger partial charge on any atom is 0.338 e. The zero-order chi connectivity index (χ0) is 20.7. The Balaban J connectivity index is 1.99. The minimum atomic E-state index is -0.880. The average molecular weight is 409 g/mol. The molecule has 0 aliphatic heterocycles. The van der Waals surface area contributed by atoms with Gasteiger partial charge in [-0.15, -0.1) is 0 Å². The van der Waals surface area contributed by atoms with Gasteiger partial charge in [-0.3, -0.25) is 14.9 Å². The second-order valence-electron chi connectivity index (χ2n) is 5.35. The average Bonchev–Trinajstić information content (AvgIpc) is 2.66. The lowest BCUT2D eigenvalue weighted by molar-refractivity contribution is -0.385. The van der Waals surface area contributed by atoms with Crippen LogP contribution in [0.5, 0.6) is 11.5 Å². The maximum atomic E-state index is 12.1. The van der Waals surface area contributed by atoms with Crippen LogP contribution < -0.4 is 14.8 Å². The van der Waals surface area contributed by atoms with Crippen LogP contribution in [-0.2, 0) is 9.53 Å². The maximum absolute atomic E-state index is 12.1. The van der Waals surface area contributed by atoms with Crippen LogP contribution in [0.25, 0.3) is 0 Å². The van der Waals surface area contributed by atoms with Crippen molar-refractivity contribution in [1.82, 2.24) is 0 Å². The van der Waals surface area contributed by atoms with Gasteiger partial charge in [0, 0.05) is 11.8 Å². The number of anilines is 1. The fourth-order valence-electron chi connectivity index (χ4n) is 2.22. The Hall–Kier alpha value is -3.33. The first-order valence-electron chi connectivity index (χ1n) is 8.07. The fraction of sp³-hybridized carbons (Fsp3) is 0.222. The summed E-state index contributed by atoms with van der Waals surface area (Å²) in [6, 6.07) is 8.28. The third kappa shape index (κ3) is 5.34. The van der Waals surface area contributed by atoms with Crippen LogP contribution in [0.2, 0.25) is 5.02 Å². The summed E-state index contributed by atoms with van der Waals surface area (Å²) in [6.07, 6.45) is 0. The van der Waals surface area contributed by atoms with Crippen molar-refractivity contribution < 1.29 is 28.7 Å². The lowest BCUT2D eigenvalue weighted by atomic mass is 10.2. The summed E-state index contributed by atoms with van der Waals surface area (Å²) >= 11 is 5.97. The summed E-state index contributed by atoms with van der Waals surface area (Å²) in [6.45, 7) is 1.34. The van der Waals surface area contributed by atoms with E-state index in [-0.39, 0.29) is 23.6 Å². The molecule has 0 aliphatic rings. The van der Waals surface area contributed by atoms with Gasteiger partial charge >= 0.3 is 11.7 Å². The molecule has 0 fully saturated rings. The molecule has 0 unspecified atom stereocenters. The van der Waals surface area contributed by atoms with Gasteiger partial charge in [0.1, 0.15) is 5.75 Å². The van der Waals surface area contributed by atoms with Gasteiger partial charge in [0.05, 0.1) is 29.2 Å². The first-order valence-corrected chi connectivity index (χ1v) is 8.45. The van der Waals surface area contributed by atoms with Crippen molar-refractivity contribution in [3.05, 3.63) is 57.1 Å². The fourth-order valence-corrected chi connectivity index (χ4v) is 2.48. The molecule has 1 N–H and O–H groups in total. The van der Waals surface area contributed by atoms with Crippen LogP contribution in [-0.4, -0.2) is 37.1 Å². The Morgan fingerprint density at radius 3 is 2.50 bits per heavy atom. The molecule has 0 atom stereocenters. The van der Waals surface area contributed by atoms with E-state index < -0.39 is 23.4 Å². The third-order valence-corrected chi connectivity index (χ3v) is 3.76. The van der Waals surface area contributed by atoms with Crippen molar-refractivity contribution in [1.29, 1.82) is 0 Å². The van der Waals surface area contributed by atoms with Crippen LogP contribution in [0.3, 0.4) is 0 Å². The number of amides is 1. The molecule has 28 heavy (non-hydrogen) atoms. The lowest BCUT2D eigenvalue weighted by Crippen LogP contribution is -2.21. The number of halogens is 1. The molecule has 148 valence electrons. The van der Waals surface area contributed by atoms with Crippen LogP contribution in [0.1, 0.15) is 17.3 Å². The summed E-state index contributed by atoms with van der Waals surface area (Å²) in [5, 5.41) is 13.9. The van der Waals surface area contributed by atoms with Gasteiger partial charge < -0.3 is 19.5 Å². The number of esters is 1. The van der Waals surface area contributed by atoms with Crippen LogP contribution >= 0.6 is 11.6 Å². The molecule has 0 bridgehead atoms. The Bertz CT molecular complexity index is 901. The normalized spacial score (nSPS) is 10.1. The number of carbonyl (C=O) groups is 2. The number of methoxy groups -OCH3 is 1. The Morgan fingerprint density at radius 1 is 1.18 bits per heavy atom. The van der Waals surface area contributed by atoms with Gasteiger partial charge in [-0.25, -0.2) is 4.79 Å². The van der Waals surface area contributed by atoms with Crippen molar-refractivity contribution in [3.63, 3.8) is 0 Å². The molecule has 0 heterocycles. The van der Waals surface area contributed by atoms with E-state index in [1.807, 2.05) is 0 Å². The summed E-state index contributed by atoms with van der Waals surface area (Å²) in [5.74, 6) is -0.995. The number of carbonyl (C=O) groups excluding carboxylic acids is 2. The molecule has 10 heteroatoms. The Kier molecular flexibility index (Phi) is 7.16. The highest BCUT2D eigenvalue weighted by Crippen LogP contribution is 2.29. The minimum Gasteiger partial charge on any atom is -0.495 e. The van der Waals surface area contributed by atoms with Crippen LogP contribution in [0, 0.1) is 10.1 Å². The largest absolute Gasteiger partial charge is 0.495 e. The molecule has 0 aromatic heterocycles. The van der Waals surface area contributed by atoms with Gasteiger partial charge in [0.15, 0.2) is 12.4 Å².